The number of nitrogens with one attached hydrogen (secondary N) is 1. The third kappa shape index (κ3) is 11.3. The second kappa shape index (κ2) is 14.2. The fourth-order valence-electron chi connectivity index (χ4n) is 3.05. The Balaban J connectivity index is 3.49. The summed E-state index contributed by atoms with van der Waals surface area (Å²) in [5.74, 6) is -1.90. The van der Waals surface area contributed by atoms with E-state index in [1.807, 2.05) is 13.8 Å². The third-order valence-corrected chi connectivity index (χ3v) is 5.73. The highest BCUT2D eigenvalue weighted by Crippen LogP contribution is 2.32. The smallest absolute Gasteiger partial charge is 0.477 e. The number of rotatable bonds is 13. The lowest BCUT2D eigenvalue weighted by Gasteiger charge is -2.32. The summed E-state index contributed by atoms with van der Waals surface area (Å²) in [6.45, 7) is 17.0. The van der Waals surface area contributed by atoms with E-state index in [1.54, 1.807) is 55.4 Å². The SMILES string of the molecule is CCC(C)(C)OC(=O)Oc1ccc(C[C@](NC(C)C)(OC(=O)OC(C)C)C(=O)O)cc1OC(=O)OC(C)(C)CC. The molecule has 0 unspecified atom stereocenters. The van der Waals surface area contributed by atoms with E-state index in [1.165, 1.54) is 18.2 Å². The van der Waals surface area contributed by atoms with Gasteiger partial charge in [-0.2, -0.15) is 0 Å². The van der Waals surface area contributed by atoms with Gasteiger partial charge in [-0.25, -0.2) is 19.2 Å². The van der Waals surface area contributed by atoms with Crippen LogP contribution in [0.5, 0.6) is 11.5 Å². The number of carboxylic acid groups (broad SMARTS) is 1. The van der Waals surface area contributed by atoms with E-state index in [0.717, 1.165) is 0 Å². The van der Waals surface area contributed by atoms with Crippen LogP contribution in [-0.2, 0) is 30.2 Å². The molecule has 0 heterocycles. The van der Waals surface area contributed by atoms with Crippen molar-refractivity contribution in [3.63, 3.8) is 0 Å². The predicted octanol–water partition coefficient (Wildman–Crippen LogP) is 5.98. The average molecular weight is 570 g/mol. The highest BCUT2D eigenvalue weighted by Gasteiger charge is 2.44. The molecule has 0 aliphatic rings. The lowest BCUT2D eigenvalue weighted by atomic mass is 10.0. The summed E-state index contributed by atoms with van der Waals surface area (Å²) in [4.78, 5) is 49.8. The number of ether oxygens (including phenoxy) is 6. The molecule has 0 aromatic heterocycles. The summed E-state index contributed by atoms with van der Waals surface area (Å²) < 4.78 is 31.6. The number of benzene rings is 1. The van der Waals surface area contributed by atoms with Gasteiger partial charge >= 0.3 is 24.4 Å². The molecule has 1 atom stereocenters. The first-order chi connectivity index (χ1) is 18.3. The zero-order chi connectivity index (χ0) is 30.9. The van der Waals surface area contributed by atoms with Crippen molar-refractivity contribution in [2.45, 2.75) is 118 Å². The maximum atomic E-state index is 12.6. The summed E-state index contributed by atoms with van der Waals surface area (Å²) in [6.07, 6.45) is -3.24. The summed E-state index contributed by atoms with van der Waals surface area (Å²) in [5.41, 5.74) is -3.65. The maximum absolute atomic E-state index is 12.6. The van der Waals surface area contributed by atoms with Crippen molar-refractivity contribution < 1.29 is 52.7 Å². The second-order valence-corrected chi connectivity index (χ2v) is 11.0. The number of hydrogen-bond donors (Lipinski definition) is 2. The fraction of sp³-hybridized carbons (Fsp3) is 0.643. The summed E-state index contributed by atoms with van der Waals surface area (Å²) >= 11 is 0. The second-order valence-electron chi connectivity index (χ2n) is 11.0. The van der Waals surface area contributed by atoms with Gasteiger partial charge in [0.25, 0.3) is 5.72 Å². The number of carbonyl (C=O) groups excluding carboxylic acids is 3. The normalized spacial score (nSPS) is 13.3. The average Bonchev–Trinajstić information content (AvgIpc) is 2.78. The zero-order valence-corrected chi connectivity index (χ0v) is 25.0. The van der Waals surface area contributed by atoms with E-state index in [0.29, 0.717) is 12.8 Å². The molecule has 0 spiro atoms. The maximum Gasteiger partial charge on any atom is 0.514 e. The van der Waals surface area contributed by atoms with Crippen LogP contribution in [0.3, 0.4) is 0 Å². The van der Waals surface area contributed by atoms with Crippen molar-refractivity contribution in [3.8, 4) is 11.5 Å². The van der Waals surface area contributed by atoms with E-state index in [9.17, 15) is 24.3 Å². The molecule has 0 saturated heterocycles. The van der Waals surface area contributed by atoms with Gasteiger partial charge in [-0.1, -0.05) is 19.9 Å². The lowest BCUT2D eigenvalue weighted by molar-refractivity contribution is -0.167. The predicted molar refractivity (Wildman–Crippen MR) is 144 cm³/mol. The van der Waals surface area contributed by atoms with Crippen LogP contribution in [0, 0.1) is 0 Å². The Hall–Kier alpha value is -3.54. The van der Waals surface area contributed by atoms with E-state index < -0.39 is 59.9 Å². The van der Waals surface area contributed by atoms with Gasteiger partial charge in [0.1, 0.15) is 11.2 Å². The molecule has 40 heavy (non-hydrogen) atoms. The summed E-state index contributed by atoms with van der Waals surface area (Å²) in [7, 11) is 0. The van der Waals surface area contributed by atoms with Gasteiger partial charge in [-0.05, 0) is 85.9 Å². The minimum atomic E-state index is -2.24. The topological polar surface area (TPSA) is 156 Å². The van der Waals surface area contributed by atoms with Gasteiger partial charge in [-0.3, -0.25) is 5.32 Å². The highest BCUT2D eigenvalue weighted by molar-refractivity contribution is 5.80. The largest absolute Gasteiger partial charge is 0.514 e. The van der Waals surface area contributed by atoms with Crippen LogP contribution < -0.4 is 14.8 Å². The number of carbonyl (C=O) groups is 4. The molecule has 0 saturated carbocycles. The van der Waals surface area contributed by atoms with Crippen molar-refractivity contribution in [1.82, 2.24) is 5.32 Å². The van der Waals surface area contributed by atoms with Gasteiger partial charge < -0.3 is 33.5 Å². The first-order valence-corrected chi connectivity index (χ1v) is 13.2. The molecule has 0 bridgehead atoms. The van der Waals surface area contributed by atoms with E-state index in [-0.39, 0.29) is 17.1 Å². The Labute approximate surface area is 235 Å². The molecular weight excluding hydrogens is 526 g/mol. The van der Waals surface area contributed by atoms with Gasteiger partial charge in [0.15, 0.2) is 11.5 Å². The highest BCUT2D eigenvalue weighted by atomic mass is 16.8. The molecule has 1 aromatic carbocycles. The molecule has 0 radical (unpaired) electrons. The van der Waals surface area contributed by atoms with Crippen molar-refractivity contribution in [2.75, 3.05) is 0 Å². The van der Waals surface area contributed by atoms with Crippen LogP contribution in [-0.4, -0.2) is 58.6 Å². The Morgan fingerprint density at radius 2 is 1.30 bits per heavy atom. The van der Waals surface area contributed by atoms with Crippen molar-refractivity contribution in [3.05, 3.63) is 23.8 Å². The van der Waals surface area contributed by atoms with Crippen LogP contribution in [0.25, 0.3) is 0 Å². The molecule has 0 fully saturated rings. The first-order valence-electron chi connectivity index (χ1n) is 13.2. The fourth-order valence-corrected chi connectivity index (χ4v) is 3.05. The standard InChI is InChI=1S/C28H43NO11/c1-11-26(7,8)38-24(33)36-20-14-13-19(15-21(20)37-25(34)39-27(9,10)12-2)16-28(22(30)31,29-17(3)4)40-23(32)35-18(5)6/h13-15,17-18,29H,11-12,16H2,1-10H3,(H,30,31)/t28-/m0/s1. The summed E-state index contributed by atoms with van der Waals surface area (Å²) in [6, 6.07) is 3.59. The van der Waals surface area contributed by atoms with Crippen molar-refractivity contribution >= 4 is 24.4 Å². The van der Waals surface area contributed by atoms with Crippen LogP contribution >= 0.6 is 0 Å². The van der Waals surface area contributed by atoms with Crippen LogP contribution in [0.4, 0.5) is 14.4 Å². The van der Waals surface area contributed by atoms with Crippen molar-refractivity contribution in [2.24, 2.45) is 0 Å². The quantitative estimate of drug-likeness (QED) is 0.124. The van der Waals surface area contributed by atoms with E-state index in [4.69, 9.17) is 28.4 Å². The number of hydrogen-bond acceptors (Lipinski definition) is 11. The summed E-state index contributed by atoms with van der Waals surface area (Å²) in [5, 5.41) is 12.9. The molecule has 0 aliphatic carbocycles. The van der Waals surface area contributed by atoms with Gasteiger partial charge in [0.2, 0.25) is 0 Å². The van der Waals surface area contributed by atoms with Gasteiger partial charge in [0, 0.05) is 12.5 Å². The minimum Gasteiger partial charge on any atom is -0.477 e. The van der Waals surface area contributed by atoms with Crippen LogP contribution in [0.2, 0.25) is 0 Å². The Morgan fingerprint density at radius 3 is 1.73 bits per heavy atom. The Bertz CT molecular complexity index is 1050. The molecule has 12 nitrogen and oxygen atoms in total. The molecular formula is C28H43NO11. The monoisotopic (exact) mass is 569 g/mol. The molecule has 12 heteroatoms. The van der Waals surface area contributed by atoms with Crippen molar-refractivity contribution in [1.29, 1.82) is 0 Å². The van der Waals surface area contributed by atoms with E-state index >= 15 is 0 Å². The minimum absolute atomic E-state index is 0.176. The van der Waals surface area contributed by atoms with Crippen LogP contribution in [0.1, 0.15) is 87.6 Å². The Morgan fingerprint density at radius 1 is 0.800 bits per heavy atom. The molecule has 1 rings (SSSR count). The Kier molecular flexibility index (Phi) is 12.2. The van der Waals surface area contributed by atoms with Crippen LogP contribution in [0.15, 0.2) is 18.2 Å². The third-order valence-electron chi connectivity index (χ3n) is 5.73. The first kappa shape index (κ1) is 34.5. The number of aliphatic carboxylic acids is 1. The van der Waals surface area contributed by atoms with E-state index in [2.05, 4.69) is 5.32 Å². The van der Waals surface area contributed by atoms with Gasteiger partial charge in [0.05, 0.1) is 6.10 Å². The number of carboxylic acids is 1. The molecule has 0 aliphatic heterocycles. The van der Waals surface area contributed by atoms with Gasteiger partial charge in [-0.15, -0.1) is 0 Å². The molecule has 226 valence electrons. The molecule has 2 N–H and O–H groups in total. The molecule has 0 amide bonds. The lowest BCUT2D eigenvalue weighted by Crippen LogP contribution is -2.59. The molecule has 1 aromatic rings. The zero-order valence-electron chi connectivity index (χ0n) is 25.0.